The van der Waals surface area contributed by atoms with E-state index in [1.807, 2.05) is 0 Å². The van der Waals surface area contributed by atoms with Crippen LogP contribution in [0.5, 0.6) is 0 Å². The summed E-state index contributed by atoms with van der Waals surface area (Å²) in [7, 11) is 1.43. The Hall–Kier alpha value is 0.0949. The van der Waals surface area contributed by atoms with Gasteiger partial charge in [-0.1, -0.05) is 0 Å². The standard InChI is InChI=1S/C8H16BO6P/c1-6-7(5-8(9)14-6)15-16(11,12)13-4-2-3-10/h6-8,10H,2-5H2,1H3,(H,11,12). The van der Waals surface area contributed by atoms with Gasteiger partial charge in [0, 0.05) is 12.6 Å². The summed E-state index contributed by atoms with van der Waals surface area (Å²) in [4.78, 5) is 9.34. The van der Waals surface area contributed by atoms with E-state index in [1.54, 1.807) is 6.92 Å². The van der Waals surface area contributed by atoms with Crippen LogP contribution < -0.4 is 0 Å². The summed E-state index contributed by atoms with van der Waals surface area (Å²) in [6.45, 7) is 1.58. The molecule has 2 N–H and O–H groups in total. The highest BCUT2D eigenvalue weighted by Gasteiger charge is 2.36. The first kappa shape index (κ1) is 14.2. The lowest BCUT2D eigenvalue weighted by molar-refractivity contribution is 0.0342. The van der Waals surface area contributed by atoms with E-state index in [1.165, 1.54) is 0 Å². The van der Waals surface area contributed by atoms with Gasteiger partial charge in [-0.05, 0) is 19.8 Å². The van der Waals surface area contributed by atoms with E-state index >= 15 is 0 Å². The Morgan fingerprint density at radius 2 is 2.31 bits per heavy atom. The molecule has 1 rings (SSSR count). The summed E-state index contributed by atoms with van der Waals surface area (Å²) in [5.41, 5.74) is 0. The minimum absolute atomic E-state index is 0.0295. The molecule has 0 bridgehead atoms. The van der Waals surface area contributed by atoms with E-state index in [2.05, 4.69) is 4.52 Å². The van der Waals surface area contributed by atoms with Crippen molar-refractivity contribution in [3.05, 3.63) is 0 Å². The second kappa shape index (κ2) is 6.14. The molecule has 16 heavy (non-hydrogen) atoms. The third-order valence-corrected chi connectivity index (χ3v) is 3.25. The fourth-order valence-electron chi connectivity index (χ4n) is 1.41. The molecule has 0 aromatic heterocycles. The zero-order chi connectivity index (χ0) is 12.2. The van der Waals surface area contributed by atoms with Crippen LogP contribution in [0.3, 0.4) is 0 Å². The van der Waals surface area contributed by atoms with E-state index in [9.17, 15) is 9.46 Å². The van der Waals surface area contributed by atoms with E-state index in [4.69, 9.17) is 22.2 Å². The van der Waals surface area contributed by atoms with Gasteiger partial charge in [-0.3, -0.25) is 9.05 Å². The van der Waals surface area contributed by atoms with Gasteiger partial charge in [0.2, 0.25) is 0 Å². The number of phosphoric ester groups is 1. The molecule has 2 radical (unpaired) electrons. The highest BCUT2D eigenvalue weighted by Crippen LogP contribution is 2.47. The summed E-state index contributed by atoms with van der Waals surface area (Å²) in [6.07, 6.45) is -0.240. The predicted octanol–water partition coefficient (Wildman–Crippen LogP) is 0.174. The summed E-state index contributed by atoms with van der Waals surface area (Å²) >= 11 is 0. The van der Waals surface area contributed by atoms with Crippen molar-refractivity contribution in [1.82, 2.24) is 0 Å². The van der Waals surface area contributed by atoms with Gasteiger partial charge in [0.05, 0.1) is 18.8 Å². The molecule has 0 aromatic carbocycles. The molecule has 0 amide bonds. The Morgan fingerprint density at radius 1 is 1.62 bits per heavy atom. The Morgan fingerprint density at radius 3 is 2.81 bits per heavy atom. The van der Waals surface area contributed by atoms with Crippen LogP contribution in [0, 0.1) is 0 Å². The molecule has 1 aliphatic rings. The highest BCUT2D eigenvalue weighted by molar-refractivity contribution is 7.47. The molecule has 1 fully saturated rings. The largest absolute Gasteiger partial charge is 0.472 e. The van der Waals surface area contributed by atoms with E-state index in [0.29, 0.717) is 6.42 Å². The molecule has 4 unspecified atom stereocenters. The normalized spacial score (nSPS) is 33.8. The molecule has 1 saturated heterocycles. The third-order valence-electron chi connectivity index (χ3n) is 2.20. The third kappa shape index (κ3) is 4.53. The van der Waals surface area contributed by atoms with E-state index in [0.717, 1.165) is 0 Å². The van der Waals surface area contributed by atoms with Crippen LogP contribution in [0.15, 0.2) is 0 Å². The molecular formula is C8H16BO6P. The van der Waals surface area contributed by atoms with Crippen molar-refractivity contribution in [2.75, 3.05) is 13.2 Å². The van der Waals surface area contributed by atoms with Gasteiger partial charge < -0.3 is 14.7 Å². The minimum Gasteiger partial charge on any atom is -0.396 e. The fourth-order valence-corrected chi connectivity index (χ4v) is 2.43. The van der Waals surface area contributed by atoms with Gasteiger partial charge in [-0.25, -0.2) is 4.57 Å². The molecule has 4 atom stereocenters. The summed E-state index contributed by atoms with van der Waals surface area (Å²) in [5.74, 6) is 0. The summed E-state index contributed by atoms with van der Waals surface area (Å²) in [5, 5.41) is 8.50. The number of rotatable bonds is 6. The molecule has 0 aliphatic carbocycles. The predicted molar refractivity (Wildman–Crippen MR) is 57.1 cm³/mol. The quantitative estimate of drug-likeness (QED) is 0.397. The van der Waals surface area contributed by atoms with Crippen molar-refractivity contribution in [3.8, 4) is 0 Å². The molecule has 0 spiro atoms. The Kier molecular flexibility index (Phi) is 5.44. The number of ether oxygens (including phenoxy) is 1. The van der Waals surface area contributed by atoms with Crippen LogP contribution in [0.25, 0.3) is 0 Å². The van der Waals surface area contributed by atoms with Crippen molar-refractivity contribution in [2.24, 2.45) is 0 Å². The summed E-state index contributed by atoms with van der Waals surface area (Å²) < 4.78 is 26.2. The van der Waals surface area contributed by atoms with Crippen molar-refractivity contribution in [2.45, 2.75) is 38.0 Å². The molecule has 0 saturated carbocycles. The maximum Gasteiger partial charge on any atom is 0.472 e. The molecular weight excluding hydrogens is 234 g/mol. The zero-order valence-corrected chi connectivity index (χ0v) is 10.0. The van der Waals surface area contributed by atoms with Gasteiger partial charge in [0.15, 0.2) is 0 Å². The van der Waals surface area contributed by atoms with Gasteiger partial charge in [0.25, 0.3) is 0 Å². The topological polar surface area (TPSA) is 85.2 Å². The second-order valence-electron chi connectivity index (χ2n) is 3.64. The fraction of sp³-hybridized carbons (Fsp3) is 1.00. The van der Waals surface area contributed by atoms with E-state index in [-0.39, 0.29) is 25.7 Å². The van der Waals surface area contributed by atoms with Gasteiger partial charge in [-0.15, -0.1) is 0 Å². The Balaban J connectivity index is 2.37. The van der Waals surface area contributed by atoms with Crippen molar-refractivity contribution in [1.29, 1.82) is 0 Å². The molecule has 8 heteroatoms. The molecule has 1 heterocycles. The smallest absolute Gasteiger partial charge is 0.396 e. The maximum atomic E-state index is 11.4. The van der Waals surface area contributed by atoms with Crippen molar-refractivity contribution >= 4 is 15.7 Å². The molecule has 6 nitrogen and oxygen atoms in total. The first-order chi connectivity index (χ1) is 7.44. The number of aliphatic hydroxyl groups is 1. The highest BCUT2D eigenvalue weighted by atomic mass is 31.2. The average Bonchev–Trinajstić information content (AvgIpc) is 2.44. The zero-order valence-electron chi connectivity index (χ0n) is 9.11. The van der Waals surface area contributed by atoms with Crippen LogP contribution in [-0.4, -0.2) is 49.3 Å². The lowest BCUT2D eigenvalue weighted by Crippen LogP contribution is -2.20. The minimum atomic E-state index is -4.08. The number of hydrogen-bond acceptors (Lipinski definition) is 5. The second-order valence-corrected chi connectivity index (χ2v) is 5.04. The van der Waals surface area contributed by atoms with Crippen LogP contribution in [-0.2, 0) is 18.3 Å². The average molecular weight is 250 g/mol. The SMILES string of the molecule is [B]C1CC(OP(=O)(O)OCCCO)C(C)O1. The first-order valence-corrected chi connectivity index (χ1v) is 6.62. The van der Waals surface area contributed by atoms with Gasteiger partial charge >= 0.3 is 7.82 Å². The Bertz CT molecular complexity index is 263. The van der Waals surface area contributed by atoms with Crippen molar-refractivity contribution in [3.63, 3.8) is 0 Å². The lowest BCUT2D eigenvalue weighted by atomic mass is 9.96. The number of hydrogen-bond donors (Lipinski definition) is 2. The lowest BCUT2D eigenvalue weighted by Gasteiger charge is -2.18. The monoisotopic (exact) mass is 250 g/mol. The van der Waals surface area contributed by atoms with Crippen molar-refractivity contribution < 1.29 is 28.3 Å². The summed E-state index contributed by atoms with van der Waals surface area (Å²) in [6, 6.07) is -0.475. The number of aliphatic hydroxyl groups excluding tert-OH is 1. The molecule has 1 aliphatic heterocycles. The van der Waals surface area contributed by atoms with Gasteiger partial charge in [-0.2, -0.15) is 0 Å². The van der Waals surface area contributed by atoms with Crippen LogP contribution in [0.2, 0.25) is 0 Å². The van der Waals surface area contributed by atoms with Crippen LogP contribution >= 0.6 is 7.82 Å². The first-order valence-electron chi connectivity index (χ1n) is 5.12. The number of phosphoric acid groups is 1. The van der Waals surface area contributed by atoms with Crippen LogP contribution in [0.4, 0.5) is 0 Å². The van der Waals surface area contributed by atoms with Gasteiger partial charge in [0.1, 0.15) is 7.85 Å². The Labute approximate surface area is 95.9 Å². The maximum absolute atomic E-state index is 11.4. The molecule has 92 valence electrons. The molecule has 0 aromatic rings. The van der Waals surface area contributed by atoms with Crippen LogP contribution in [0.1, 0.15) is 19.8 Å². The van der Waals surface area contributed by atoms with E-state index < -0.39 is 19.9 Å².